The first-order chi connectivity index (χ1) is 12.9. The van der Waals surface area contributed by atoms with Gasteiger partial charge in [0.2, 0.25) is 10.0 Å². The van der Waals surface area contributed by atoms with E-state index in [2.05, 4.69) is 10.2 Å². The third kappa shape index (κ3) is 4.76. The molecule has 0 saturated carbocycles. The molecule has 0 spiro atoms. The number of hydrogen-bond donors (Lipinski definition) is 1. The van der Waals surface area contributed by atoms with Crippen molar-refractivity contribution in [2.75, 3.05) is 37.6 Å². The van der Waals surface area contributed by atoms with Gasteiger partial charge in [0, 0.05) is 38.4 Å². The molecule has 1 saturated heterocycles. The van der Waals surface area contributed by atoms with Gasteiger partial charge in [-0.15, -0.1) is 0 Å². The quantitative estimate of drug-likeness (QED) is 0.764. The Kier molecular flexibility index (Phi) is 6.65. The number of hydrogen-bond acceptors (Lipinski definition) is 4. The Hall–Kier alpha value is -1.31. The second kappa shape index (κ2) is 8.80. The van der Waals surface area contributed by atoms with E-state index < -0.39 is 10.0 Å². The van der Waals surface area contributed by atoms with Crippen LogP contribution in [0.3, 0.4) is 0 Å². The second-order valence-electron chi connectivity index (χ2n) is 6.41. The summed E-state index contributed by atoms with van der Waals surface area (Å²) in [6.07, 6.45) is 0. The lowest BCUT2D eigenvalue weighted by atomic mass is 10.2. The third-order valence-corrected chi connectivity index (χ3v) is 7.30. The maximum Gasteiger partial charge on any atom is 0.243 e. The summed E-state index contributed by atoms with van der Waals surface area (Å²) >= 11 is 12.1. The molecule has 2 aromatic carbocycles. The molecule has 0 amide bonds. The molecule has 5 nitrogen and oxygen atoms in total. The predicted octanol–water partition coefficient (Wildman–Crippen LogP) is 3.61. The number of halogens is 2. The Morgan fingerprint density at radius 2 is 1.63 bits per heavy atom. The van der Waals surface area contributed by atoms with Crippen molar-refractivity contribution in [3.63, 3.8) is 0 Å². The van der Waals surface area contributed by atoms with Crippen LogP contribution in [0.1, 0.15) is 12.5 Å². The smallest absolute Gasteiger partial charge is 0.243 e. The number of benzene rings is 2. The van der Waals surface area contributed by atoms with Crippen LogP contribution >= 0.6 is 23.2 Å². The lowest BCUT2D eigenvalue weighted by Gasteiger charge is -2.35. The van der Waals surface area contributed by atoms with E-state index in [-0.39, 0.29) is 0 Å². The van der Waals surface area contributed by atoms with E-state index in [9.17, 15) is 8.42 Å². The minimum Gasteiger partial charge on any atom is -0.369 e. The molecule has 2 aromatic rings. The van der Waals surface area contributed by atoms with Gasteiger partial charge < -0.3 is 10.2 Å². The van der Waals surface area contributed by atoms with Crippen molar-refractivity contribution >= 4 is 38.9 Å². The molecule has 3 rings (SSSR count). The molecule has 27 heavy (non-hydrogen) atoms. The van der Waals surface area contributed by atoms with Gasteiger partial charge >= 0.3 is 0 Å². The van der Waals surface area contributed by atoms with Crippen molar-refractivity contribution in [1.29, 1.82) is 0 Å². The molecule has 0 aromatic heterocycles. The van der Waals surface area contributed by atoms with Crippen LogP contribution < -0.4 is 10.2 Å². The SMILES string of the molecule is CCNCc1ccc(S(=O)(=O)N2CCN(c3ccc(Cl)c(Cl)c3)CC2)cc1. The van der Waals surface area contributed by atoms with Crippen LogP contribution in [-0.2, 0) is 16.6 Å². The zero-order valence-electron chi connectivity index (χ0n) is 15.2. The van der Waals surface area contributed by atoms with Crippen LogP contribution in [0.4, 0.5) is 5.69 Å². The molecule has 0 radical (unpaired) electrons. The molecule has 1 aliphatic heterocycles. The number of nitrogens with zero attached hydrogens (tertiary/aromatic N) is 2. The van der Waals surface area contributed by atoms with Crippen LogP contribution in [0.2, 0.25) is 10.0 Å². The van der Waals surface area contributed by atoms with Gasteiger partial charge in [-0.3, -0.25) is 0 Å². The summed E-state index contributed by atoms with van der Waals surface area (Å²) in [7, 11) is -3.48. The Morgan fingerprint density at radius 1 is 0.963 bits per heavy atom. The number of rotatable bonds is 6. The summed E-state index contributed by atoms with van der Waals surface area (Å²) in [4.78, 5) is 2.46. The van der Waals surface area contributed by atoms with E-state index in [0.717, 1.165) is 24.3 Å². The highest BCUT2D eigenvalue weighted by atomic mass is 35.5. The Bertz CT molecular complexity index is 880. The third-order valence-electron chi connectivity index (χ3n) is 4.65. The van der Waals surface area contributed by atoms with Crippen molar-refractivity contribution in [2.45, 2.75) is 18.4 Å². The largest absolute Gasteiger partial charge is 0.369 e. The fourth-order valence-electron chi connectivity index (χ4n) is 3.07. The van der Waals surface area contributed by atoms with E-state index in [1.54, 1.807) is 22.5 Å². The van der Waals surface area contributed by atoms with Crippen LogP contribution in [0.5, 0.6) is 0 Å². The topological polar surface area (TPSA) is 52.7 Å². The molecular weight excluding hydrogens is 405 g/mol. The fourth-order valence-corrected chi connectivity index (χ4v) is 4.78. The molecule has 1 aliphatic rings. The standard InChI is InChI=1S/C19H23Cl2N3O2S/c1-2-22-14-15-3-6-17(7-4-15)27(25,26)24-11-9-23(10-12-24)16-5-8-18(20)19(21)13-16/h3-8,13,22H,2,9-12,14H2,1H3. The molecule has 1 fully saturated rings. The first kappa shape index (κ1) is 20.4. The van der Waals surface area contributed by atoms with Crippen molar-refractivity contribution in [3.8, 4) is 0 Å². The summed E-state index contributed by atoms with van der Waals surface area (Å²) in [5, 5.41) is 4.25. The minimum absolute atomic E-state index is 0.339. The molecule has 1 N–H and O–H groups in total. The van der Waals surface area contributed by atoms with Gasteiger partial charge in [-0.1, -0.05) is 42.3 Å². The van der Waals surface area contributed by atoms with E-state index in [1.165, 1.54) is 0 Å². The molecular formula is C19H23Cl2N3O2S. The van der Waals surface area contributed by atoms with E-state index in [1.807, 2.05) is 31.2 Å². The molecule has 1 heterocycles. The van der Waals surface area contributed by atoms with Crippen LogP contribution in [0.25, 0.3) is 0 Å². The normalized spacial score (nSPS) is 15.9. The Morgan fingerprint density at radius 3 is 2.22 bits per heavy atom. The summed E-state index contributed by atoms with van der Waals surface area (Å²) in [6.45, 7) is 5.73. The summed E-state index contributed by atoms with van der Waals surface area (Å²) in [6, 6.07) is 12.6. The second-order valence-corrected chi connectivity index (χ2v) is 9.17. The van der Waals surface area contributed by atoms with Crippen molar-refractivity contribution < 1.29 is 8.42 Å². The first-order valence-corrected chi connectivity index (χ1v) is 11.1. The van der Waals surface area contributed by atoms with Crippen molar-refractivity contribution in [3.05, 3.63) is 58.1 Å². The van der Waals surface area contributed by atoms with Crippen LogP contribution in [-0.4, -0.2) is 45.4 Å². The zero-order chi connectivity index (χ0) is 19.4. The monoisotopic (exact) mass is 427 g/mol. The summed E-state index contributed by atoms with van der Waals surface area (Å²) in [5.41, 5.74) is 2.02. The van der Waals surface area contributed by atoms with Gasteiger partial charge in [0.05, 0.1) is 14.9 Å². The summed E-state index contributed by atoms with van der Waals surface area (Å²) in [5.74, 6) is 0. The van der Waals surface area contributed by atoms with Gasteiger partial charge in [0.25, 0.3) is 0 Å². The van der Waals surface area contributed by atoms with Crippen LogP contribution in [0.15, 0.2) is 47.4 Å². The predicted molar refractivity (Wildman–Crippen MR) is 111 cm³/mol. The van der Waals surface area contributed by atoms with E-state index in [0.29, 0.717) is 41.1 Å². The highest BCUT2D eigenvalue weighted by molar-refractivity contribution is 7.89. The Balaban J connectivity index is 1.66. The van der Waals surface area contributed by atoms with Gasteiger partial charge in [-0.05, 0) is 42.4 Å². The highest BCUT2D eigenvalue weighted by Gasteiger charge is 2.28. The average molecular weight is 428 g/mol. The van der Waals surface area contributed by atoms with Gasteiger partial charge in [-0.25, -0.2) is 8.42 Å². The zero-order valence-corrected chi connectivity index (χ0v) is 17.5. The number of piperazine rings is 1. The molecule has 0 atom stereocenters. The highest BCUT2D eigenvalue weighted by Crippen LogP contribution is 2.28. The summed E-state index contributed by atoms with van der Waals surface area (Å²) < 4.78 is 27.4. The lowest BCUT2D eigenvalue weighted by Crippen LogP contribution is -2.48. The van der Waals surface area contributed by atoms with E-state index >= 15 is 0 Å². The van der Waals surface area contributed by atoms with Gasteiger partial charge in [0.1, 0.15) is 0 Å². The first-order valence-electron chi connectivity index (χ1n) is 8.91. The molecule has 0 unspecified atom stereocenters. The molecule has 8 heteroatoms. The minimum atomic E-state index is -3.48. The molecule has 0 bridgehead atoms. The Labute approximate surface area is 170 Å². The molecule has 146 valence electrons. The van der Waals surface area contributed by atoms with Crippen molar-refractivity contribution in [2.24, 2.45) is 0 Å². The fraction of sp³-hybridized carbons (Fsp3) is 0.368. The number of sulfonamides is 1. The maximum absolute atomic E-state index is 12.9. The van der Waals surface area contributed by atoms with E-state index in [4.69, 9.17) is 23.2 Å². The van der Waals surface area contributed by atoms with Gasteiger partial charge in [0.15, 0.2) is 0 Å². The van der Waals surface area contributed by atoms with Crippen molar-refractivity contribution in [1.82, 2.24) is 9.62 Å². The lowest BCUT2D eigenvalue weighted by molar-refractivity contribution is 0.385. The van der Waals surface area contributed by atoms with Crippen LogP contribution in [0, 0.1) is 0 Å². The maximum atomic E-state index is 12.9. The van der Waals surface area contributed by atoms with Gasteiger partial charge in [-0.2, -0.15) is 4.31 Å². The number of nitrogens with one attached hydrogen (secondary N) is 1. The molecule has 0 aliphatic carbocycles. The number of anilines is 1. The average Bonchev–Trinajstić information content (AvgIpc) is 2.69.